The number of benzene rings is 2. The molecule has 0 spiro atoms. The van der Waals surface area contributed by atoms with E-state index in [0.29, 0.717) is 11.3 Å². The number of methoxy groups -OCH3 is 1. The van der Waals surface area contributed by atoms with Crippen LogP contribution in [0, 0.1) is 3.57 Å². The van der Waals surface area contributed by atoms with Gasteiger partial charge in [0.1, 0.15) is 5.75 Å². The highest BCUT2D eigenvalue weighted by atomic mass is 127. The van der Waals surface area contributed by atoms with Crippen LogP contribution in [0.5, 0.6) is 5.75 Å². The SMILES string of the molecule is COc1ccc(I)cc1C(=O)c1ccccc1C(C)(C)C. The van der Waals surface area contributed by atoms with E-state index in [1.807, 2.05) is 42.5 Å². The van der Waals surface area contributed by atoms with E-state index in [0.717, 1.165) is 14.7 Å². The lowest BCUT2D eigenvalue weighted by atomic mass is 9.82. The lowest BCUT2D eigenvalue weighted by Crippen LogP contribution is -2.17. The Balaban J connectivity index is 2.59. The number of carbonyl (C=O) groups is 1. The summed E-state index contributed by atoms with van der Waals surface area (Å²) in [7, 11) is 1.59. The molecule has 3 heteroatoms. The minimum atomic E-state index is -0.0819. The molecular weight excluding hydrogens is 375 g/mol. The van der Waals surface area contributed by atoms with Crippen molar-refractivity contribution < 1.29 is 9.53 Å². The van der Waals surface area contributed by atoms with Crippen LogP contribution in [0.2, 0.25) is 0 Å². The van der Waals surface area contributed by atoms with Crippen molar-refractivity contribution >= 4 is 28.4 Å². The second kappa shape index (κ2) is 6.18. The molecular formula is C18H19IO2. The molecule has 110 valence electrons. The number of ether oxygens (including phenoxy) is 1. The molecule has 0 unspecified atom stereocenters. The van der Waals surface area contributed by atoms with Crippen molar-refractivity contribution in [3.63, 3.8) is 0 Å². The number of rotatable bonds is 3. The first-order valence-electron chi connectivity index (χ1n) is 6.82. The van der Waals surface area contributed by atoms with Crippen LogP contribution in [-0.2, 0) is 5.41 Å². The fourth-order valence-corrected chi connectivity index (χ4v) is 2.83. The Morgan fingerprint density at radius 3 is 2.33 bits per heavy atom. The largest absolute Gasteiger partial charge is 0.496 e. The van der Waals surface area contributed by atoms with Gasteiger partial charge in [0, 0.05) is 9.13 Å². The van der Waals surface area contributed by atoms with Gasteiger partial charge < -0.3 is 4.74 Å². The fourth-order valence-electron chi connectivity index (χ4n) is 2.34. The van der Waals surface area contributed by atoms with Crippen LogP contribution in [0.25, 0.3) is 0 Å². The van der Waals surface area contributed by atoms with Crippen LogP contribution in [0.3, 0.4) is 0 Å². The van der Waals surface area contributed by atoms with Gasteiger partial charge in [0.2, 0.25) is 0 Å². The first-order chi connectivity index (χ1) is 9.84. The Hall–Kier alpha value is -1.36. The molecule has 2 aromatic rings. The molecule has 2 aromatic carbocycles. The van der Waals surface area contributed by atoms with Crippen LogP contribution in [-0.4, -0.2) is 12.9 Å². The van der Waals surface area contributed by atoms with Gasteiger partial charge in [-0.2, -0.15) is 0 Å². The summed E-state index contributed by atoms with van der Waals surface area (Å²) in [4.78, 5) is 13.0. The molecule has 0 radical (unpaired) electrons. The van der Waals surface area contributed by atoms with Crippen LogP contribution in [0.1, 0.15) is 42.3 Å². The zero-order valence-electron chi connectivity index (χ0n) is 12.7. The quantitative estimate of drug-likeness (QED) is 0.551. The third kappa shape index (κ3) is 3.46. The van der Waals surface area contributed by atoms with Gasteiger partial charge in [-0.3, -0.25) is 4.79 Å². The molecule has 0 heterocycles. The third-order valence-corrected chi connectivity index (χ3v) is 4.06. The molecule has 0 N–H and O–H groups in total. The molecule has 2 rings (SSSR count). The number of halogens is 1. The summed E-state index contributed by atoms with van der Waals surface area (Å²) in [5.74, 6) is 0.625. The molecule has 0 saturated heterocycles. The van der Waals surface area contributed by atoms with Crippen LogP contribution in [0.4, 0.5) is 0 Å². The molecule has 0 aliphatic rings. The summed E-state index contributed by atoms with van der Waals surface area (Å²) in [6.07, 6.45) is 0. The molecule has 0 bridgehead atoms. The third-order valence-electron chi connectivity index (χ3n) is 3.39. The Kier molecular flexibility index (Phi) is 4.71. The topological polar surface area (TPSA) is 26.3 Å². The van der Waals surface area contributed by atoms with Gasteiger partial charge in [-0.05, 0) is 51.8 Å². The minimum Gasteiger partial charge on any atom is -0.496 e. The molecule has 0 fully saturated rings. The van der Waals surface area contributed by atoms with Crippen molar-refractivity contribution in [3.8, 4) is 5.75 Å². The Bertz CT molecular complexity index is 669. The van der Waals surface area contributed by atoms with E-state index in [1.54, 1.807) is 7.11 Å². The number of hydrogen-bond acceptors (Lipinski definition) is 2. The molecule has 0 aliphatic heterocycles. The Labute approximate surface area is 139 Å². The summed E-state index contributed by atoms with van der Waals surface area (Å²) in [5.41, 5.74) is 2.32. The van der Waals surface area contributed by atoms with Gasteiger partial charge in [0.05, 0.1) is 12.7 Å². The number of hydrogen-bond donors (Lipinski definition) is 0. The second-order valence-electron chi connectivity index (χ2n) is 5.97. The van der Waals surface area contributed by atoms with E-state index in [4.69, 9.17) is 4.74 Å². The standard InChI is InChI=1S/C18H19IO2/c1-18(2,3)15-8-6-5-7-13(15)17(20)14-11-12(19)9-10-16(14)21-4/h5-11H,1-4H3. The number of ketones is 1. The first kappa shape index (κ1) is 16.0. The lowest BCUT2D eigenvalue weighted by Gasteiger charge is -2.22. The minimum absolute atomic E-state index is 0.0101. The van der Waals surface area contributed by atoms with Gasteiger partial charge >= 0.3 is 0 Å². The van der Waals surface area contributed by atoms with Gasteiger partial charge in [-0.25, -0.2) is 0 Å². The van der Waals surface area contributed by atoms with Gasteiger partial charge in [0.15, 0.2) is 5.78 Å². The van der Waals surface area contributed by atoms with Gasteiger partial charge in [-0.1, -0.05) is 45.0 Å². The molecule has 0 saturated carbocycles. The predicted molar refractivity (Wildman–Crippen MR) is 94.3 cm³/mol. The normalized spacial score (nSPS) is 11.3. The van der Waals surface area contributed by atoms with Crippen molar-refractivity contribution in [3.05, 3.63) is 62.7 Å². The maximum Gasteiger partial charge on any atom is 0.197 e. The van der Waals surface area contributed by atoms with E-state index in [2.05, 4.69) is 43.4 Å². The summed E-state index contributed by atoms with van der Waals surface area (Å²) < 4.78 is 6.36. The van der Waals surface area contributed by atoms with Crippen LogP contribution in [0.15, 0.2) is 42.5 Å². The van der Waals surface area contributed by atoms with E-state index in [9.17, 15) is 4.79 Å². The maximum absolute atomic E-state index is 13.0. The molecule has 0 atom stereocenters. The molecule has 2 nitrogen and oxygen atoms in total. The summed E-state index contributed by atoms with van der Waals surface area (Å²) in [6, 6.07) is 13.4. The van der Waals surface area contributed by atoms with Crippen LogP contribution < -0.4 is 4.74 Å². The van der Waals surface area contributed by atoms with E-state index >= 15 is 0 Å². The second-order valence-corrected chi connectivity index (χ2v) is 7.21. The van der Waals surface area contributed by atoms with E-state index < -0.39 is 0 Å². The highest BCUT2D eigenvalue weighted by Gasteiger charge is 2.23. The van der Waals surface area contributed by atoms with Crippen molar-refractivity contribution in [1.29, 1.82) is 0 Å². The average Bonchev–Trinajstić information content (AvgIpc) is 2.45. The maximum atomic E-state index is 13.0. The summed E-state index contributed by atoms with van der Waals surface area (Å²) >= 11 is 2.21. The smallest absolute Gasteiger partial charge is 0.197 e. The zero-order valence-corrected chi connectivity index (χ0v) is 14.9. The fraction of sp³-hybridized carbons (Fsp3) is 0.278. The zero-order chi connectivity index (χ0) is 15.6. The average molecular weight is 394 g/mol. The molecule has 0 aromatic heterocycles. The summed E-state index contributed by atoms with van der Waals surface area (Å²) in [6.45, 7) is 6.35. The predicted octanol–water partition coefficient (Wildman–Crippen LogP) is 4.83. The molecule has 21 heavy (non-hydrogen) atoms. The van der Waals surface area contributed by atoms with E-state index in [1.165, 1.54) is 0 Å². The van der Waals surface area contributed by atoms with Crippen molar-refractivity contribution in [1.82, 2.24) is 0 Å². The van der Waals surface area contributed by atoms with E-state index in [-0.39, 0.29) is 11.2 Å². The van der Waals surface area contributed by atoms with Gasteiger partial charge in [0.25, 0.3) is 0 Å². The van der Waals surface area contributed by atoms with Crippen molar-refractivity contribution in [2.45, 2.75) is 26.2 Å². The Morgan fingerprint density at radius 2 is 1.71 bits per heavy atom. The lowest BCUT2D eigenvalue weighted by molar-refractivity contribution is 0.103. The molecule has 0 aliphatic carbocycles. The highest BCUT2D eigenvalue weighted by molar-refractivity contribution is 14.1. The molecule has 0 amide bonds. The Morgan fingerprint density at radius 1 is 1.05 bits per heavy atom. The highest BCUT2D eigenvalue weighted by Crippen LogP contribution is 2.30. The summed E-state index contributed by atoms with van der Waals surface area (Å²) in [5, 5.41) is 0. The monoisotopic (exact) mass is 394 g/mol. The van der Waals surface area contributed by atoms with Gasteiger partial charge in [-0.15, -0.1) is 0 Å². The number of carbonyl (C=O) groups excluding carboxylic acids is 1. The first-order valence-corrected chi connectivity index (χ1v) is 7.90. The van der Waals surface area contributed by atoms with Crippen LogP contribution >= 0.6 is 22.6 Å². The van der Waals surface area contributed by atoms with Crippen molar-refractivity contribution in [2.24, 2.45) is 0 Å². The van der Waals surface area contributed by atoms with Crippen molar-refractivity contribution in [2.75, 3.05) is 7.11 Å².